The number of hydrogen-bond donors (Lipinski definition) is 1. The molecule has 192 valence electrons. The van der Waals surface area contributed by atoms with E-state index in [4.69, 9.17) is 10.5 Å². The molecular weight excluding hydrogens is 482 g/mol. The van der Waals surface area contributed by atoms with Gasteiger partial charge in [-0.3, -0.25) is 13.9 Å². The molecule has 38 heavy (non-hydrogen) atoms. The lowest BCUT2D eigenvalue weighted by atomic mass is 10.1. The first-order chi connectivity index (χ1) is 18.4. The van der Waals surface area contributed by atoms with Crippen LogP contribution in [0.25, 0.3) is 16.9 Å². The van der Waals surface area contributed by atoms with Crippen molar-refractivity contribution >= 4 is 22.9 Å². The van der Waals surface area contributed by atoms with Crippen molar-refractivity contribution in [2.24, 2.45) is 5.92 Å². The molecule has 1 fully saturated rings. The van der Waals surface area contributed by atoms with Gasteiger partial charge in [-0.2, -0.15) is 5.26 Å². The number of hydrogen-bond acceptors (Lipinski definition) is 7. The van der Waals surface area contributed by atoms with Gasteiger partial charge in [-0.05, 0) is 48.7 Å². The Labute approximate surface area is 219 Å². The van der Waals surface area contributed by atoms with Crippen LogP contribution in [0.2, 0.25) is 0 Å². The van der Waals surface area contributed by atoms with E-state index in [2.05, 4.69) is 9.97 Å². The number of nitrogens with two attached hydrogens (primary N) is 1. The fraction of sp³-hybridized carbons (Fsp3) is 0.250. The molecule has 2 aromatic carbocycles. The van der Waals surface area contributed by atoms with E-state index in [1.54, 1.807) is 39.8 Å². The molecule has 3 heterocycles. The third-order valence-corrected chi connectivity index (χ3v) is 6.42. The van der Waals surface area contributed by atoms with Gasteiger partial charge >= 0.3 is 5.69 Å². The van der Waals surface area contributed by atoms with Crippen LogP contribution in [0.15, 0.2) is 77.4 Å². The highest BCUT2D eigenvalue weighted by Gasteiger charge is 2.33. The topological polar surface area (TPSA) is 132 Å². The van der Waals surface area contributed by atoms with Crippen molar-refractivity contribution in [2.45, 2.75) is 26.3 Å². The molecule has 1 aliphatic heterocycles. The molecule has 0 aliphatic carbocycles. The van der Waals surface area contributed by atoms with E-state index in [0.29, 0.717) is 41.3 Å². The van der Waals surface area contributed by atoms with E-state index in [1.165, 1.54) is 10.9 Å². The number of rotatable bonds is 6. The summed E-state index contributed by atoms with van der Waals surface area (Å²) in [5.41, 5.74) is 7.38. The van der Waals surface area contributed by atoms with Gasteiger partial charge in [-0.1, -0.05) is 38.1 Å². The Morgan fingerprint density at radius 2 is 1.84 bits per heavy atom. The highest BCUT2D eigenvalue weighted by atomic mass is 16.5. The number of para-hydroxylation sites is 1. The fourth-order valence-corrected chi connectivity index (χ4v) is 4.72. The predicted molar refractivity (Wildman–Crippen MR) is 143 cm³/mol. The number of carbonyl (C=O) groups is 1. The maximum atomic E-state index is 13.8. The maximum Gasteiger partial charge on any atom is 0.335 e. The number of likely N-dealkylation sites (tertiary alicyclic amines) is 1. The van der Waals surface area contributed by atoms with Crippen molar-refractivity contribution in [3.05, 3.63) is 83.1 Å². The van der Waals surface area contributed by atoms with Crippen LogP contribution in [0.4, 0.5) is 5.82 Å². The molecule has 1 aliphatic rings. The van der Waals surface area contributed by atoms with E-state index >= 15 is 0 Å². The smallest absolute Gasteiger partial charge is 0.335 e. The Bertz CT molecular complexity index is 1610. The molecule has 1 unspecified atom stereocenters. The molecule has 0 spiro atoms. The number of nitrogen functional groups attached to an aromatic ring is 1. The normalized spacial score (nSPS) is 15.7. The molecule has 0 bridgehead atoms. The molecular formula is C28H27N7O3. The fourth-order valence-electron chi connectivity index (χ4n) is 4.72. The van der Waals surface area contributed by atoms with E-state index in [1.807, 2.05) is 50.2 Å². The summed E-state index contributed by atoms with van der Waals surface area (Å²) in [5, 5.41) is 9.47. The average Bonchev–Trinajstić information content (AvgIpc) is 3.51. The minimum Gasteiger partial charge on any atom is -0.457 e. The number of ether oxygens (including phenoxy) is 1. The van der Waals surface area contributed by atoms with E-state index < -0.39 is 0 Å². The van der Waals surface area contributed by atoms with Gasteiger partial charge < -0.3 is 15.4 Å². The molecule has 10 heteroatoms. The second-order valence-corrected chi connectivity index (χ2v) is 9.46. The van der Waals surface area contributed by atoms with Crippen molar-refractivity contribution in [1.82, 2.24) is 24.0 Å². The third-order valence-electron chi connectivity index (χ3n) is 6.42. The van der Waals surface area contributed by atoms with Crippen LogP contribution in [-0.4, -0.2) is 43.0 Å². The molecule has 4 aromatic rings. The summed E-state index contributed by atoms with van der Waals surface area (Å²) in [4.78, 5) is 36.9. The van der Waals surface area contributed by atoms with Crippen LogP contribution in [0.1, 0.15) is 26.3 Å². The lowest BCUT2D eigenvalue weighted by Crippen LogP contribution is -2.32. The number of imidazole rings is 1. The van der Waals surface area contributed by atoms with Crippen LogP contribution in [0.5, 0.6) is 11.5 Å². The number of allylic oxidation sites excluding steroid dienone is 1. The molecule has 1 saturated heterocycles. The highest BCUT2D eigenvalue weighted by molar-refractivity contribution is 5.97. The van der Waals surface area contributed by atoms with Crippen molar-refractivity contribution < 1.29 is 9.53 Å². The first-order valence-corrected chi connectivity index (χ1v) is 12.3. The molecule has 0 radical (unpaired) electrons. The van der Waals surface area contributed by atoms with Gasteiger partial charge in [0.15, 0.2) is 11.5 Å². The van der Waals surface area contributed by atoms with E-state index in [0.717, 1.165) is 0 Å². The Morgan fingerprint density at radius 1 is 1.13 bits per heavy atom. The Balaban J connectivity index is 1.49. The largest absolute Gasteiger partial charge is 0.457 e. The molecule has 5 rings (SSSR count). The quantitative estimate of drug-likeness (QED) is 0.308. The Morgan fingerprint density at radius 3 is 2.53 bits per heavy atom. The molecule has 0 saturated carbocycles. The lowest BCUT2D eigenvalue weighted by Gasteiger charge is -2.16. The predicted octanol–water partition coefficient (Wildman–Crippen LogP) is 3.84. The Hall–Kier alpha value is -4.91. The van der Waals surface area contributed by atoms with Gasteiger partial charge in [0.25, 0.3) is 5.91 Å². The summed E-state index contributed by atoms with van der Waals surface area (Å²) in [6.07, 6.45) is 3.53. The minimum absolute atomic E-state index is 0.0664. The standard InChI is InChI=1S/C28H27N7O3/c1-18(2)14-19(15-29)27(36)33-13-12-21(16-33)35-26-24(25(30)31-17-32-26)34(28(35)37)20-8-10-23(11-9-20)38-22-6-4-3-5-7-22/h3-11,14,17-18,21H,12-13,16H2,1-2H3,(H2,30,31,32). The molecule has 1 amide bonds. The lowest BCUT2D eigenvalue weighted by molar-refractivity contribution is -0.125. The molecule has 10 nitrogen and oxygen atoms in total. The number of anilines is 1. The van der Waals surface area contributed by atoms with Gasteiger partial charge in [-0.15, -0.1) is 0 Å². The van der Waals surface area contributed by atoms with Gasteiger partial charge in [0.2, 0.25) is 0 Å². The zero-order chi connectivity index (χ0) is 26.8. The van der Waals surface area contributed by atoms with Crippen molar-refractivity contribution in [3.63, 3.8) is 0 Å². The van der Waals surface area contributed by atoms with E-state index in [-0.39, 0.29) is 41.5 Å². The first kappa shape index (κ1) is 24.8. The number of carbonyl (C=O) groups excluding carboxylic acids is 1. The number of aromatic nitrogens is 4. The van der Waals surface area contributed by atoms with Gasteiger partial charge in [0.05, 0.1) is 11.7 Å². The first-order valence-electron chi connectivity index (χ1n) is 12.3. The second-order valence-electron chi connectivity index (χ2n) is 9.46. The summed E-state index contributed by atoms with van der Waals surface area (Å²) in [6, 6.07) is 18.2. The summed E-state index contributed by atoms with van der Waals surface area (Å²) >= 11 is 0. The average molecular weight is 510 g/mol. The monoisotopic (exact) mass is 509 g/mol. The van der Waals surface area contributed by atoms with Crippen LogP contribution in [0.3, 0.4) is 0 Å². The number of fused-ring (bicyclic) bond motifs is 1. The van der Waals surface area contributed by atoms with Gasteiger partial charge in [-0.25, -0.2) is 14.8 Å². The van der Waals surface area contributed by atoms with Crippen LogP contribution < -0.4 is 16.2 Å². The van der Waals surface area contributed by atoms with Crippen LogP contribution in [-0.2, 0) is 4.79 Å². The SMILES string of the molecule is CC(C)C=C(C#N)C(=O)N1CCC(n2c(=O)n(-c3ccc(Oc4ccccc4)cc3)c3c(N)ncnc32)C1. The summed E-state index contributed by atoms with van der Waals surface area (Å²) in [7, 11) is 0. The van der Waals surface area contributed by atoms with Gasteiger partial charge in [0, 0.05) is 13.1 Å². The number of benzene rings is 2. The second kappa shape index (κ2) is 10.2. The zero-order valence-corrected chi connectivity index (χ0v) is 21.1. The summed E-state index contributed by atoms with van der Waals surface area (Å²) < 4.78 is 8.94. The maximum absolute atomic E-state index is 13.8. The van der Waals surface area contributed by atoms with Crippen molar-refractivity contribution in [2.75, 3.05) is 18.8 Å². The van der Waals surface area contributed by atoms with Gasteiger partial charge in [0.1, 0.15) is 35.0 Å². The summed E-state index contributed by atoms with van der Waals surface area (Å²) in [5.74, 6) is 1.23. The van der Waals surface area contributed by atoms with E-state index in [9.17, 15) is 14.9 Å². The third kappa shape index (κ3) is 4.62. The van der Waals surface area contributed by atoms with Crippen molar-refractivity contribution in [3.8, 4) is 23.3 Å². The minimum atomic E-state index is -0.332. The number of nitrogens with zero attached hydrogens (tertiary/aromatic N) is 6. The Kier molecular flexibility index (Phi) is 6.66. The number of nitriles is 1. The zero-order valence-electron chi connectivity index (χ0n) is 21.1. The molecule has 2 N–H and O–H groups in total. The highest BCUT2D eigenvalue weighted by Crippen LogP contribution is 2.29. The molecule has 2 aromatic heterocycles. The number of amides is 1. The summed E-state index contributed by atoms with van der Waals surface area (Å²) in [6.45, 7) is 4.53. The van der Waals surface area contributed by atoms with Crippen LogP contribution in [0, 0.1) is 17.2 Å². The molecule has 1 atom stereocenters. The van der Waals surface area contributed by atoms with Crippen LogP contribution >= 0.6 is 0 Å². The van der Waals surface area contributed by atoms with Crippen molar-refractivity contribution in [1.29, 1.82) is 5.26 Å².